The molecule has 0 spiro atoms. The van der Waals surface area contributed by atoms with Crippen molar-refractivity contribution in [3.05, 3.63) is 63.1 Å². The van der Waals surface area contributed by atoms with E-state index in [1.54, 1.807) is 24.1 Å². The quantitative estimate of drug-likeness (QED) is 0.766. The van der Waals surface area contributed by atoms with E-state index in [2.05, 4.69) is 22.9 Å². The molecule has 0 fully saturated rings. The van der Waals surface area contributed by atoms with E-state index < -0.39 is 0 Å². The highest BCUT2D eigenvalue weighted by atomic mass is 79.9. The first kappa shape index (κ1) is 15.1. The van der Waals surface area contributed by atoms with Crippen molar-refractivity contribution < 1.29 is 4.79 Å². The molecule has 0 heterocycles. The summed E-state index contributed by atoms with van der Waals surface area (Å²) < 4.78 is 0.833. The van der Waals surface area contributed by atoms with Crippen LogP contribution in [0.25, 0.3) is 0 Å². The zero-order chi connectivity index (χ0) is 14.7. The lowest BCUT2D eigenvalue weighted by Gasteiger charge is -2.18. The van der Waals surface area contributed by atoms with Crippen LogP contribution in [0.1, 0.15) is 22.8 Å². The Morgan fingerprint density at radius 2 is 1.85 bits per heavy atom. The van der Waals surface area contributed by atoms with Crippen LogP contribution in [0, 0.1) is 0 Å². The van der Waals surface area contributed by atoms with Gasteiger partial charge in [-0.2, -0.15) is 0 Å². The van der Waals surface area contributed by atoms with Gasteiger partial charge in [0, 0.05) is 17.2 Å². The van der Waals surface area contributed by atoms with Gasteiger partial charge in [-0.25, -0.2) is 0 Å². The van der Waals surface area contributed by atoms with Crippen LogP contribution in [0.15, 0.2) is 46.9 Å². The highest BCUT2D eigenvalue weighted by Gasteiger charge is 2.16. The van der Waals surface area contributed by atoms with E-state index in [1.165, 1.54) is 5.56 Å². The van der Waals surface area contributed by atoms with Gasteiger partial charge in [0.2, 0.25) is 0 Å². The lowest BCUT2D eigenvalue weighted by Crippen LogP contribution is -2.26. The summed E-state index contributed by atoms with van der Waals surface area (Å²) in [5.74, 6) is -0.124. The average molecular weight is 353 g/mol. The lowest BCUT2D eigenvalue weighted by atomic mass is 10.1. The molecular weight excluding hydrogens is 338 g/mol. The molecule has 2 aromatic carbocycles. The Kier molecular flexibility index (Phi) is 4.84. The van der Waals surface area contributed by atoms with E-state index in [0.29, 0.717) is 10.6 Å². The van der Waals surface area contributed by atoms with Gasteiger partial charge in [-0.3, -0.25) is 4.79 Å². The van der Waals surface area contributed by atoms with Crippen molar-refractivity contribution in [3.8, 4) is 0 Å². The van der Waals surface area contributed by atoms with Crippen LogP contribution >= 0.6 is 27.5 Å². The van der Waals surface area contributed by atoms with Gasteiger partial charge in [-0.05, 0) is 42.3 Å². The van der Waals surface area contributed by atoms with Gasteiger partial charge in [0.1, 0.15) is 0 Å². The van der Waals surface area contributed by atoms with E-state index in [0.717, 1.165) is 16.6 Å². The number of hydrogen-bond acceptors (Lipinski definition) is 1. The molecule has 20 heavy (non-hydrogen) atoms. The zero-order valence-electron chi connectivity index (χ0n) is 11.4. The third-order valence-corrected chi connectivity index (χ3v) is 4.02. The third-order valence-electron chi connectivity index (χ3n) is 3.20. The molecule has 104 valence electrons. The minimum Gasteiger partial charge on any atom is -0.311 e. The van der Waals surface area contributed by atoms with Gasteiger partial charge in [0.05, 0.1) is 10.6 Å². The van der Waals surface area contributed by atoms with Crippen molar-refractivity contribution in [1.29, 1.82) is 0 Å². The largest absolute Gasteiger partial charge is 0.311 e. The lowest BCUT2D eigenvalue weighted by molar-refractivity contribution is 0.0993. The highest BCUT2D eigenvalue weighted by molar-refractivity contribution is 9.10. The van der Waals surface area contributed by atoms with Crippen LogP contribution < -0.4 is 4.90 Å². The molecule has 4 heteroatoms. The van der Waals surface area contributed by atoms with Crippen molar-refractivity contribution >= 4 is 39.1 Å². The molecule has 1 amide bonds. The van der Waals surface area contributed by atoms with Crippen LogP contribution in [0.4, 0.5) is 5.69 Å². The van der Waals surface area contributed by atoms with Crippen molar-refractivity contribution in [1.82, 2.24) is 0 Å². The number of carbonyl (C=O) groups excluding carboxylic acids is 1. The van der Waals surface area contributed by atoms with Crippen molar-refractivity contribution in [2.45, 2.75) is 13.3 Å². The van der Waals surface area contributed by atoms with Crippen LogP contribution in [0.2, 0.25) is 5.02 Å². The predicted octanol–water partition coefficient (Wildman–Crippen LogP) is 4.94. The molecule has 0 aromatic heterocycles. The molecule has 0 radical (unpaired) electrons. The number of anilines is 1. The fourth-order valence-electron chi connectivity index (χ4n) is 1.91. The first-order valence-electron chi connectivity index (χ1n) is 6.35. The summed E-state index contributed by atoms with van der Waals surface area (Å²) in [7, 11) is 1.75. The standard InChI is InChI=1S/C16H15BrClNO/c1-3-11-4-7-13(8-5-11)19(2)16(20)14-10-12(17)6-9-15(14)18/h4-10H,3H2,1-2H3. The number of nitrogens with zero attached hydrogens (tertiary/aromatic N) is 1. The molecule has 2 nitrogen and oxygen atoms in total. The van der Waals surface area contributed by atoms with Gasteiger partial charge in [-0.15, -0.1) is 0 Å². The number of carbonyl (C=O) groups is 1. The summed E-state index contributed by atoms with van der Waals surface area (Å²) in [4.78, 5) is 14.1. The minimum atomic E-state index is -0.124. The smallest absolute Gasteiger partial charge is 0.259 e. The first-order chi connectivity index (χ1) is 9.52. The Bertz CT molecular complexity index is 625. The summed E-state index contributed by atoms with van der Waals surface area (Å²) in [6.07, 6.45) is 0.982. The number of halogens is 2. The second-order valence-electron chi connectivity index (χ2n) is 4.51. The third kappa shape index (κ3) is 3.22. The van der Waals surface area contributed by atoms with Gasteiger partial charge in [0.25, 0.3) is 5.91 Å². The Labute approximate surface area is 132 Å². The average Bonchev–Trinajstić information content (AvgIpc) is 2.48. The normalized spacial score (nSPS) is 10.4. The Morgan fingerprint density at radius 3 is 2.45 bits per heavy atom. The van der Waals surface area contributed by atoms with Gasteiger partial charge >= 0.3 is 0 Å². The number of aryl methyl sites for hydroxylation is 1. The summed E-state index contributed by atoms with van der Waals surface area (Å²) in [5.41, 5.74) is 2.58. The monoisotopic (exact) mass is 351 g/mol. The van der Waals surface area contributed by atoms with Crippen LogP contribution in [0.3, 0.4) is 0 Å². The molecule has 0 aliphatic rings. The minimum absolute atomic E-state index is 0.124. The van der Waals surface area contributed by atoms with E-state index in [9.17, 15) is 4.79 Å². The van der Waals surface area contributed by atoms with Gasteiger partial charge in [0.15, 0.2) is 0 Å². The Morgan fingerprint density at radius 1 is 1.20 bits per heavy atom. The van der Waals surface area contributed by atoms with E-state index in [1.807, 2.05) is 30.3 Å². The molecule has 0 saturated heterocycles. The van der Waals surface area contributed by atoms with Gasteiger partial charge < -0.3 is 4.90 Å². The number of amides is 1. The summed E-state index contributed by atoms with van der Waals surface area (Å²) in [5, 5.41) is 0.454. The van der Waals surface area contributed by atoms with Crippen molar-refractivity contribution in [2.75, 3.05) is 11.9 Å². The molecule has 0 aliphatic carbocycles. The Balaban J connectivity index is 2.29. The highest BCUT2D eigenvalue weighted by Crippen LogP contribution is 2.24. The van der Waals surface area contributed by atoms with Gasteiger partial charge in [-0.1, -0.05) is 46.6 Å². The molecule has 0 bridgehead atoms. The van der Waals surface area contributed by atoms with E-state index >= 15 is 0 Å². The first-order valence-corrected chi connectivity index (χ1v) is 7.52. The van der Waals surface area contributed by atoms with Crippen LogP contribution in [-0.4, -0.2) is 13.0 Å². The molecule has 0 unspecified atom stereocenters. The predicted molar refractivity (Wildman–Crippen MR) is 87.7 cm³/mol. The molecule has 2 rings (SSSR count). The molecule has 0 saturated carbocycles. The van der Waals surface area contributed by atoms with Crippen LogP contribution in [-0.2, 0) is 6.42 Å². The van der Waals surface area contributed by atoms with Crippen molar-refractivity contribution in [2.24, 2.45) is 0 Å². The molecule has 0 N–H and O–H groups in total. The summed E-state index contributed by atoms with van der Waals surface area (Å²) in [6.45, 7) is 2.10. The maximum Gasteiger partial charge on any atom is 0.259 e. The molecule has 2 aromatic rings. The SMILES string of the molecule is CCc1ccc(N(C)C(=O)c2cc(Br)ccc2Cl)cc1. The maximum absolute atomic E-state index is 12.5. The van der Waals surface area contributed by atoms with Crippen LogP contribution in [0.5, 0.6) is 0 Å². The van der Waals surface area contributed by atoms with Crippen molar-refractivity contribution in [3.63, 3.8) is 0 Å². The van der Waals surface area contributed by atoms with E-state index in [-0.39, 0.29) is 5.91 Å². The Hall–Kier alpha value is -1.32. The number of hydrogen-bond donors (Lipinski definition) is 0. The fraction of sp³-hybridized carbons (Fsp3) is 0.188. The molecule has 0 aliphatic heterocycles. The molecule has 0 atom stereocenters. The number of benzene rings is 2. The maximum atomic E-state index is 12.5. The topological polar surface area (TPSA) is 20.3 Å². The fourth-order valence-corrected chi connectivity index (χ4v) is 2.47. The second kappa shape index (κ2) is 6.42. The molecular formula is C16H15BrClNO. The van der Waals surface area contributed by atoms with E-state index in [4.69, 9.17) is 11.6 Å². The second-order valence-corrected chi connectivity index (χ2v) is 5.83. The summed E-state index contributed by atoms with van der Waals surface area (Å²) >= 11 is 9.46. The summed E-state index contributed by atoms with van der Waals surface area (Å²) in [6, 6.07) is 13.2. The number of rotatable bonds is 3. The zero-order valence-corrected chi connectivity index (χ0v) is 13.7.